The second-order valence-corrected chi connectivity index (χ2v) is 5.88. The number of hydrogen-bond acceptors (Lipinski definition) is 2. The second kappa shape index (κ2) is 7.80. The Bertz CT molecular complexity index is 364. The number of benzene rings is 1. The molecule has 1 atom stereocenters. The van der Waals surface area contributed by atoms with Crippen LogP contribution in [0, 0.1) is 5.92 Å². The van der Waals surface area contributed by atoms with Crippen LogP contribution in [0.25, 0.3) is 0 Å². The molecule has 0 heterocycles. The quantitative estimate of drug-likeness (QED) is 0.790. The Labute approximate surface area is 118 Å². The van der Waals surface area contributed by atoms with Gasteiger partial charge in [0.1, 0.15) is 5.75 Å². The maximum absolute atomic E-state index is 10.1. The van der Waals surface area contributed by atoms with Gasteiger partial charge in [-0.15, -0.1) is 0 Å². The maximum Gasteiger partial charge on any atom is 0.133 e. The Morgan fingerprint density at radius 3 is 2.56 bits per heavy atom. The predicted octanol–water partition coefficient (Wildman–Crippen LogP) is 4.71. The average molecular weight is 315 g/mol. The molecule has 2 nitrogen and oxygen atoms in total. The summed E-state index contributed by atoms with van der Waals surface area (Å²) in [6, 6.07) is 5.82. The van der Waals surface area contributed by atoms with Crippen molar-refractivity contribution in [2.75, 3.05) is 6.61 Å². The lowest BCUT2D eigenvalue weighted by Crippen LogP contribution is -2.01. The summed E-state index contributed by atoms with van der Waals surface area (Å²) in [5.41, 5.74) is 0.950. The van der Waals surface area contributed by atoms with Gasteiger partial charge in [-0.25, -0.2) is 0 Å². The molecule has 1 unspecified atom stereocenters. The highest BCUT2D eigenvalue weighted by atomic mass is 79.9. The van der Waals surface area contributed by atoms with Gasteiger partial charge in [0, 0.05) is 0 Å². The van der Waals surface area contributed by atoms with E-state index >= 15 is 0 Å². The van der Waals surface area contributed by atoms with Crippen LogP contribution in [0.5, 0.6) is 5.75 Å². The van der Waals surface area contributed by atoms with Crippen LogP contribution in [-0.2, 0) is 0 Å². The largest absolute Gasteiger partial charge is 0.492 e. The van der Waals surface area contributed by atoms with E-state index in [0.717, 1.165) is 35.0 Å². The van der Waals surface area contributed by atoms with Crippen LogP contribution in [0.15, 0.2) is 22.7 Å². The minimum Gasteiger partial charge on any atom is -0.492 e. The molecule has 3 heteroatoms. The van der Waals surface area contributed by atoms with Crippen molar-refractivity contribution in [1.29, 1.82) is 0 Å². The van der Waals surface area contributed by atoms with Crippen molar-refractivity contribution < 1.29 is 9.84 Å². The van der Waals surface area contributed by atoms with E-state index in [1.54, 1.807) is 0 Å². The lowest BCUT2D eigenvalue weighted by Gasteiger charge is -2.14. The first kappa shape index (κ1) is 15.5. The molecular formula is C15H23BrO2. The van der Waals surface area contributed by atoms with Gasteiger partial charge in [-0.05, 0) is 58.8 Å². The fourth-order valence-electron chi connectivity index (χ4n) is 1.71. The van der Waals surface area contributed by atoms with Gasteiger partial charge < -0.3 is 9.84 Å². The molecule has 1 N–H and O–H groups in total. The van der Waals surface area contributed by atoms with Crippen LogP contribution in [0.1, 0.15) is 51.7 Å². The summed E-state index contributed by atoms with van der Waals surface area (Å²) in [5, 5.41) is 10.1. The van der Waals surface area contributed by atoms with Gasteiger partial charge in [0.05, 0.1) is 17.2 Å². The monoisotopic (exact) mass is 314 g/mol. The van der Waals surface area contributed by atoms with Crippen molar-refractivity contribution in [1.82, 2.24) is 0 Å². The van der Waals surface area contributed by atoms with E-state index in [4.69, 9.17) is 4.74 Å². The predicted molar refractivity (Wildman–Crippen MR) is 79.0 cm³/mol. The first-order chi connectivity index (χ1) is 8.54. The number of aliphatic hydroxyl groups excluding tert-OH is 1. The third kappa shape index (κ3) is 4.99. The SMILES string of the molecule is CCCOc1ccc(C(O)CCC(C)C)cc1Br. The summed E-state index contributed by atoms with van der Waals surface area (Å²) in [7, 11) is 0. The molecule has 1 aromatic rings. The summed E-state index contributed by atoms with van der Waals surface area (Å²) in [5.74, 6) is 1.46. The Kier molecular flexibility index (Phi) is 6.72. The lowest BCUT2D eigenvalue weighted by molar-refractivity contribution is 0.159. The zero-order valence-corrected chi connectivity index (χ0v) is 13.0. The van der Waals surface area contributed by atoms with Gasteiger partial charge >= 0.3 is 0 Å². The van der Waals surface area contributed by atoms with E-state index in [2.05, 4.69) is 36.7 Å². The summed E-state index contributed by atoms with van der Waals surface area (Å²) >= 11 is 3.49. The van der Waals surface area contributed by atoms with Crippen molar-refractivity contribution in [2.45, 2.75) is 46.1 Å². The van der Waals surface area contributed by atoms with E-state index in [1.807, 2.05) is 18.2 Å². The van der Waals surface area contributed by atoms with Crippen LogP contribution in [-0.4, -0.2) is 11.7 Å². The van der Waals surface area contributed by atoms with Gasteiger partial charge in [0.2, 0.25) is 0 Å². The third-order valence-electron chi connectivity index (χ3n) is 2.82. The molecule has 0 fully saturated rings. The normalized spacial score (nSPS) is 12.8. The van der Waals surface area contributed by atoms with Crippen LogP contribution in [0.3, 0.4) is 0 Å². The fraction of sp³-hybridized carbons (Fsp3) is 0.600. The molecular weight excluding hydrogens is 292 g/mol. The minimum atomic E-state index is -0.385. The van der Waals surface area contributed by atoms with Gasteiger partial charge in [0.25, 0.3) is 0 Å². The van der Waals surface area contributed by atoms with E-state index < -0.39 is 0 Å². The number of hydrogen-bond donors (Lipinski definition) is 1. The number of ether oxygens (including phenoxy) is 1. The topological polar surface area (TPSA) is 29.5 Å². The third-order valence-corrected chi connectivity index (χ3v) is 3.44. The molecule has 0 aromatic heterocycles. The Balaban J connectivity index is 2.65. The van der Waals surface area contributed by atoms with E-state index in [-0.39, 0.29) is 6.10 Å². The summed E-state index contributed by atoms with van der Waals surface area (Å²) in [4.78, 5) is 0. The first-order valence-corrected chi connectivity index (χ1v) is 7.44. The summed E-state index contributed by atoms with van der Waals surface area (Å²) in [6.45, 7) is 7.14. The van der Waals surface area contributed by atoms with E-state index in [0.29, 0.717) is 12.5 Å². The van der Waals surface area contributed by atoms with E-state index in [1.165, 1.54) is 0 Å². The van der Waals surface area contributed by atoms with Gasteiger partial charge in [-0.1, -0.05) is 26.8 Å². The smallest absolute Gasteiger partial charge is 0.133 e. The van der Waals surface area contributed by atoms with Crippen molar-refractivity contribution in [2.24, 2.45) is 5.92 Å². The molecule has 0 aliphatic heterocycles. The highest BCUT2D eigenvalue weighted by molar-refractivity contribution is 9.10. The summed E-state index contributed by atoms with van der Waals surface area (Å²) in [6.07, 6.45) is 2.45. The number of aliphatic hydroxyl groups is 1. The molecule has 0 saturated heterocycles. The van der Waals surface area contributed by atoms with Crippen molar-refractivity contribution in [3.63, 3.8) is 0 Å². The standard InChI is InChI=1S/C15H23BrO2/c1-4-9-18-15-8-6-12(10-13(15)16)14(17)7-5-11(2)3/h6,8,10-11,14,17H,4-5,7,9H2,1-3H3. The number of rotatable bonds is 7. The molecule has 0 aliphatic rings. The molecule has 1 rings (SSSR count). The zero-order chi connectivity index (χ0) is 13.5. The average Bonchev–Trinajstić information content (AvgIpc) is 2.34. The lowest BCUT2D eigenvalue weighted by atomic mass is 10.00. The molecule has 0 radical (unpaired) electrons. The Morgan fingerprint density at radius 2 is 2.00 bits per heavy atom. The van der Waals surface area contributed by atoms with Gasteiger partial charge in [-0.3, -0.25) is 0 Å². The molecule has 0 spiro atoms. The Morgan fingerprint density at radius 1 is 1.28 bits per heavy atom. The molecule has 0 saturated carbocycles. The fourth-order valence-corrected chi connectivity index (χ4v) is 2.22. The van der Waals surface area contributed by atoms with Gasteiger partial charge in [-0.2, -0.15) is 0 Å². The molecule has 1 aromatic carbocycles. The maximum atomic E-state index is 10.1. The zero-order valence-electron chi connectivity index (χ0n) is 11.4. The van der Waals surface area contributed by atoms with Crippen molar-refractivity contribution in [3.05, 3.63) is 28.2 Å². The molecule has 102 valence electrons. The number of halogens is 1. The Hall–Kier alpha value is -0.540. The highest BCUT2D eigenvalue weighted by Crippen LogP contribution is 2.30. The minimum absolute atomic E-state index is 0.385. The van der Waals surface area contributed by atoms with Gasteiger partial charge in [0.15, 0.2) is 0 Å². The highest BCUT2D eigenvalue weighted by Gasteiger charge is 2.11. The van der Waals surface area contributed by atoms with Crippen molar-refractivity contribution in [3.8, 4) is 5.75 Å². The van der Waals surface area contributed by atoms with Crippen LogP contribution in [0.2, 0.25) is 0 Å². The molecule has 18 heavy (non-hydrogen) atoms. The second-order valence-electron chi connectivity index (χ2n) is 5.03. The van der Waals surface area contributed by atoms with Crippen LogP contribution >= 0.6 is 15.9 Å². The first-order valence-electron chi connectivity index (χ1n) is 6.64. The molecule has 0 aliphatic carbocycles. The van der Waals surface area contributed by atoms with Crippen LogP contribution in [0.4, 0.5) is 0 Å². The van der Waals surface area contributed by atoms with E-state index in [9.17, 15) is 5.11 Å². The summed E-state index contributed by atoms with van der Waals surface area (Å²) < 4.78 is 6.50. The van der Waals surface area contributed by atoms with Crippen LogP contribution < -0.4 is 4.74 Å². The van der Waals surface area contributed by atoms with Crippen molar-refractivity contribution >= 4 is 15.9 Å². The molecule has 0 amide bonds. The molecule has 0 bridgehead atoms.